The molecule has 0 saturated carbocycles. The third kappa shape index (κ3) is 7.96. The average molecular weight is 619 g/mol. The van der Waals surface area contributed by atoms with E-state index < -0.39 is 28.5 Å². The molecule has 0 aliphatic carbocycles. The van der Waals surface area contributed by atoms with Crippen molar-refractivity contribution >= 4 is 43.5 Å². The van der Waals surface area contributed by atoms with E-state index in [1.807, 2.05) is 54.6 Å². The molecule has 0 heterocycles. The van der Waals surface area contributed by atoms with E-state index in [0.717, 1.165) is 26.2 Å². The van der Waals surface area contributed by atoms with Crippen molar-refractivity contribution in [1.29, 1.82) is 0 Å². The monoisotopic (exact) mass is 617 g/mol. The number of amides is 2. The number of sulfonamides is 1. The second-order valence-corrected chi connectivity index (χ2v) is 11.6. The number of rotatable bonds is 12. The predicted molar refractivity (Wildman–Crippen MR) is 154 cm³/mol. The van der Waals surface area contributed by atoms with Gasteiger partial charge in [-0.05, 0) is 35.4 Å². The maximum Gasteiger partial charge on any atom is 0.244 e. The summed E-state index contributed by atoms with van der Waals surface area (Å²) in [6.07, 6.45) is 1.27. The number of methoxy groups -OCH3 is 2. The molecule has 0 aliphatic rings. The summed E-state index contributed by atoms with van der Waals surface area (Å²) in [5.41, 5.74) is 1.86. The van der Waals surface area contributed by atoms with Gasteiger partial charge in [-0.3, -0.25) is 13.9 Å². The van der Waals surface area contributed by atoms with Crippen molar-refractivity contribution in [3.05, 3.63) is 88.4 Å². The lowest BCUT2D eigenvalue weighted by atomic mass is 10.0. The molecule has 0 aliphatic heterocycles. The predicted octanol–water partition coefficient (Wildman–Crippen LogP) is 3.62. The summed E-state index contributed by atoms with van der Waals surface area (Å²) in [6.45, 7) is -0.433. The minimum absolute atomic E-state index is 0.0900. The first-order chi connectivity index (χ1) is 18.6. The largest absolute Gasteiger partial charge is 0.493 e. The molecule has 1 N–H and O–H groups in total. The van der Waals surface area contributed by atoms with Crippen LogP contribution in [0.1, 0.15) is 11.1 Å². The minimum Gasteiger partial charge on any atom is -0.493 e. The highest BCUT2D eigenvalue weighted by Crippen LogP contribution is 2.32. The Hall–Kier alpha value is -3.57. The van der Waals surface area contributed by atoms with Gasteiger partial charge in [0.15, 0.2) is 11.5 Å². The van der Waals surface area contributed by atoms with Crippen LogP contribution in [-0.4, -0.2) is 65.2 Å². The van der Waals surface area contributed by atoms with Crippen LogP contribution in [0, 0.1) is 0 Å². The summed E-state index contributed by atoms with van der Waals surface area (Å²) in [7, 11) is 0.521. The van der Waals surface area contributed by atoms with Gasteiger partial charge in [-0.15, -0.1) is 0 Å². The Balaban J connectivity index is 2.05. The summed E-state index contributed by atoms with van der Waals surface area (Å²) in [6, 6.07) is 20.4. The van der Waals surface area contributed by atoms with Crippen molar-refractivity contribution in [3.8, 4) is 11.5 Å². The molecule has 9 nitrogen and oxygen atoms in total. The normalized spacial score (nSPS) is 11.8. The quantitative estimate of drug-likeness (QED) is 0.333. The zero-order chi connectivity index (χ0) is 28.6. The standard InChI is InChI=1S/C28H32BrN3O6S/c1-30-28(34)24(16-20-9-6-5-7-10-20)31(18-21-11-8-12-22(29)15-21)27(33)19-32(39(4,35)36)23-13-14-25(37-2)26(17-23)38-3/h5-15,17,24H,16,18-19H2,1-4H3,(H,30,34)/t24-/m1/s1. The summed E-state index contributed by atoms with van der Waals surface area (Å²) in [5, 5.41) is 2.66. The first-order valence-electron chi connectivity index (χ1n) is 12.1. The van der Waals surface area contributed by atoms with Gasteiger partial charge in [0.1, 0.15) is 12.6 Å². The molecular formula is C28H32BrN3O6S. The molecule has 0 spiro atoms. The van der Waals surface area contributed by atoms with E-state index in [9.17, 15) is 18.0 Å². The lowest BCUT2D eigenvalue weighted by Gasteiger charge is -2.33. The van der Waals surface area contributed by atoms with Gasteiger partial charge in [0.05, 0.1) is 26.2 Å². The smallest absolute Gasteiger partial charge is 0.244 e. The van der Waals surface area contributed by atoms with Crippen molar-refractivity contribution in [2.24, 2.45) is 0 Å². The van der Waals surface area contributed by atoms with Gasteiger partial charge in [0.25, 0.3) is 0 Å². The molecule has 3 rings (SSSR count). The van der Waals surface area contributed by atoms with Crippen LogP contribution in [0.5, 0.6) is 11.5 Å². The fraction of sp³-hybridized carbons (Fsp3) is 0.286. The highest BCUT2D eigenvalue weighted by atomic mass is 79.9. The van der Waals surface area contributed by atoms with Crippen molar-refractivity contribution in [3.63, 3.8) is 0 Å². The highest BCUT2D eigenvalue weighted by Gasteiger charge is 2.32. The maximum atomic E-state index is 14.0. The van der Waals surface area contributed by atoms with Crippen LogP contribution in [0.2, 0.25) is 0 Å². The lowest BCUT2D eigenvalue weighted by molar-refractivity contribution is -0.139. The number of carbonyl (C=O) groups is 2. The van der Waals surface area contributed by atoms with Crippen molar-refractivity contribution < 1.29 is 27.5 Å². The molecule has 0 bridgehead atoms. The van der Waals surface area contributed by atoms with Crippen molar-refractivity contribution in [2.75, 3.05) is 38.4 Å². The number of anilines is 1. The third-order valence-electron chi connectivity index (χ3n) is 6.09. The van der Waals surface area contributed by atoms with E-state index in [1.165, 1.54) is 38.3 Å². The van der Waals surface area contributed by atoms with Crippen LogP contribution in [0.3, 0.4) is 0 Å². The number of halogens is 1. The van der Waals surface area contributed by atoms with Crippen LogP contribution in [0.4, 0.5) is 5.69 Å². The summed E-state index contributed by atoms with van der Waals surface area (Å²) in [4.78, 5) is 28.5. The molecule has 0 saturated heterocycles. The first kappa shape index (κ1) is 30.0. The molecule has 1 atom stereocenters. The van der Waals surface area contributed by atoms with Crippen molar-refractivity contribution in [2.45, 2.75) is 19.0 Å². The number of nitrogens with zero attached hydrogens (tertiary/aromatic N) is 2. The van der Waals surface area contributed by atoms with Crippen molar-refractivity contribution in [1.82, 2.24) is 10.2 Å². The average Bonchev–Trinajstić information content (AvgIpc) is 2.92. The molecule has 208 valence electrons. The van der Waals surface area contributed by atoms with E-state index in [4.69, 9.17) is 9.47 Å². The van der Waals surface area contributed by atoms with E-state index in [0.29, 0.717) is 11.5 Å². The number of hydrogen-bond acceptors (Lipinski definition) is 6. The first-order valence-corrected chi connectivity index (χ1v) is 14.7. The van der Waals surface area contributed by atoms with Crippen LogP contribution in [-0.2, 0) is 32.6 Å². The molecule has 2 amide bonds. The Morgan fingerprint density at radius 2 is 1.59 bits per heavy atom. The molecular weight excluding hydrogens is 586 g/mol. The van der Waals surface area contributed by atoms with Gasteiger partial charge in [0.2, 0.25) is 21.8 Å². The van der Waals surface area contributed by atoms with E-state index >= 15 is 0 Å². The summed E-state index contributed by atoms with van der Waals surface area (Å²) < 4.78 is 38.2. The molecule has 11 heteroatoms. The maximum absolute atomic E-state index is 14.0. The van der Waals surface area contributed by atoms with Gasteiger partial charge >= 0.3 is 0 Å². The zero-order valence-electron chi connectivity index (χ0n) is 22.3. The van der Waals surface area contributed by atoms with Crippen LogP contribution < -0.4 is 19.1 Å². The Morgan fingerprint density at radius 3 is 2.18 bits per heavy atom. The molecule has 3 aromatic carbocycles. The number of benzene rings is 3. The van der Waals surface area contributed by atoms with Crippen LogP contribution >= 0.6 is 15.9 Å². The molecule has 0 radical (unpaired) electrons. The highest BCUT2D eigenvalue weighted by molar-refractivity contribution is 9.10. The van der Waals surface area contributed by atoms with E-state index in [2.05, 4.69) is 21.2 Å². The molecule has 3 aromatic rings. The topological polar surface area (TPSA) is 105 Å². The van der Waals surface area contributed by atoms with E-state index in [-0.39, 0.29) is 24.6 Å². The number of hydrogen-bond donors (Lipinski definition) is 1. The SMILES string of the molecule is CNC(=O)[C@@H](Cc1ccccc1)N(Cc1cccc(Br)c1)C(=O)CN(c1ccc(OC)c(OC)c1)S(C)(=O)=O. The van der Waals surface area contributed by atoms with Gasteiger partial charge < -0.3 is 19.7 Å². The fourth-order valence-electron chi connectivity index (χ4n) is 4.15. The Morgan fingerprint density at radius 1 is 0.923 bits per heavy atom. The number of carbonyl (C=O) groups excluding carboxylic acids is 2. The summed E-state index contributed by atoms with van der Waals surface area (Å²) in [5.74, 6) is -0.173. The zero-order valence-corrected chi connectivity index (χ0v) is 24.7. The summed E-state index contributed by atoms with van der Waals surface area (Å²) >= 11 is 3.45. The number of ether oxygens (including phenoxy) is 2. The van der Waals surface area contributed by atoms with Gasteiger partial charge in [0, 0.05) is 30.6 Å². The Bertz CT molecular complexity index is 1400. The molecule has 0 aromatic heterocycles. The minimum atomic E-state index is -3.90. The third-order valence-corrected chi connectivity index (χ3v) is 7.73. The van der Waals surface area contributed by atoms with Crippen LogP contribution in [0.25, 0.3) is 0 Å². The molecule has 0 fully saturated rings. The van der Waals surface area contributed by atoms with E-state index in [1.54, 1.807) is 6.07 Å². The second-order valence-electron chi connectivity index (χ2n) is 8.78. The Kier molecular flexibility index (Phi) is 10.4. The lowest BCUT2D eigenvalue weighted by Crippen LogP contribution is -2.52. The second kappa shape index (κ2) is 13.5. The van der Waals surface area contributed by atoms with Gasteiger partial charge in [-0.2, -0.15) is 0 Å². The molecule has 0 unspecified atom stereocenters. The van der Waals surface area contributed by atoms with Gasteiger partial charge in [-0.25, -0.2) is 8.42 Å². The molecule has 39 heavy (non-hydrogen) atoms. The Labute approximate surface area is 237 Å². The number of nitrogens with one attached hydrogen (secondary N) is 1. The van der Waals surface area contributed by atoms with Gasteiger partial charge in [-0.1, -0.05) is 58.4 Å². The number of likely N-dealkylation sites (N-methyl/N-ethyl adjacent to an activating group) is 1. The van der Waals surface area contributed by atoms with Crippen LogP contribution in [0.15, 0.2) is 77.3 Å². The fourth-order valence-corrected chi connectivity index (χ4v) is 5.43.